The number of hydrogen-bond acceptors (Lipinski definition) is 8. The van der Waals surface area contributed by atoms with Crippen LogP contribution in [0, 0.1) is 0 Å². The van der Waals surface area contributed by atoms with Crippen molar-refractivity contribution in [1.29, 1.82) is 0 Å². The van der Waals surface area contributed by atoms with E-state index in [1.807, 2.05) is 41.9 Å². The smallest absolute Gasteiger partial charge is 0.208 e. The second-order valence-electron chi connectivity index (χ2n) is 6.46. The topological polar surface area (TPSA) is 103 Å². The van der Waals surface area contributed by atoms with Gasteiger partial charge in [0, 0.05) is 18.5 Å². The maximum absolute atomic E-state index is 12.6. The number of thioether (sulfide) groups is 1. The van der Waals surface area contributed by atoms with Crippen molar-refractivity contribution < 1.29 is 17.9 Å². The van der Waals surface area contributed by atoms with E-state index in [4.69, 9.17) is 4.74 Å². The Morgan fingerprint density at radius 2 is 2.00 bits per heavy atom. The fourth-order valence-corrected chi connectivity index (χ4v) is 5.03. The number of carbonyl (C=O) groups excluding carboxylic acids is 1. The lowest BCUT2D eigenvalue weighted by Gasteiger charge is -2.07. The zero-order valence-corrected chi connectivity index (χ0v) is 19.2. The van der Waals surface area contributed by atoms with Gasteiger partial charge in [0.25, 0.3) is 0 Å². The molecule has 0 saturated heterocycles. The van der Waals surface area contributed by atoms with Gasteiger partial charge < -0.3 is 9.30 Å². The Morgan fingerprint density at radius 3 is 2.73 bits per heavy atom. The van der Waals surface area contributed by atoms with E-state index in [-0.39, 0.29) is 11.5 Å². The lowest BCUT2D eigenvalue weighted by molar-refractivity contribution is 0.102. The largest absolute Gasteiger partial charge is 0.496 e. The van der Waals surface area contributed by atoms with Gasteiger partial charge in [-0.1, -0.05) is 23.9 Å². The highest BCUT2D eigenvalue weighted by Crippen LogP contribution is 2.30. The molecule has 8 nitrogen and oxygen atoms in total. The summed E-state index contributed by atoms with van der Waals surface area (Å²) in [6.45, 7) is 0.312. The molecular formula is C19H22N4O4S3. The Morgan fingerprint density at radius 1 is 1.23 bits per heavy atom. The molecule has 0 bridgehead atoms. The first kappa shape index (κ1) is 22.5. The number of rotatable bonds is 10. The van der Waals surface area contributed by atoms with Gasteiger partial charge in [-0.3, -0.25) is 4.79 Å². The van der Waals surface area contributed by atoms with Crippen LogP contribution in [-0.4, -0.2) is 54.6 Å². The third kappa shape index (κ3) is 5.69. The van der Waals surface area contributed by atoms with E-state index in [1.54, 1.807) is 13.2 Å². The second-order valence-corrected chi connectivity index (χ2v) is 10.4. The summed E-state index contributed by atoms with van der Waals surface area (Å²) in [5, 5.41) is 9.10. The minimum absolute atomic E-state index is 0.00540. The summed E-state index contributed by atoms with van der Waals surface area (Å²) in [6.07, 6.45) is 1.67. The number of carbonyl (C=O) groups is 1. The highest BCUT2D eigenvalue weighted by molar-refractivity contribution is 7.99. The quantitative estimate of drug-likeness (QED) is 0.362. The summed E-state index contributed by atoms with van der Waals surface area (Å²) in [7, 11) is 0.252. The van der Waals surface area contributed by atoms with Gasteiger partial charge >= 0.3 is 0 Å². The molecule has 0 aliphatic carbocycles. The molecule has 1 aromatic carbocycles. The van der Waals surface area contributed by atoms with Crippen LogP contribution in [0.3, 0.4) is 0 Å². The highest BCUT2D eigenvalue weighted by atomic mass is 32.2. The molecule has 2 heterocycles. The summed E-state index contributed by atoms with van der Waals surface area (Å²) in [4.78, 5) is 14.2. The number of nitrogens with zero attached hydrogens (tertiary/aromatic N) is 3. The molecule has 0 aliphatic heterocycles. The predicted octanol–water partition coefficient (Wildman–Crippen LogP) is 2.62. The van der Waals surface area contributed by atoms with Gasteiger partial charge in [0.1, 0.15) is 5.75 Å². The second kappa shape index (κ2) is 9.73. The third-order valence-electron chi connectivity index (χ3n) is 4.19. The number of thiophene rings is 1. The van der Waals surface area contributed by atoms with E-state index in [1.165, 1.54) is 23.1 Å². The van der Waals surface area contributed by atoms with Crippen molar-refractivity contribution in [2.75, 3.05) is 25.7 Å². The van der Waals surface area contributed by atoms with Gasteiger partial charge in [0.05, 0.1) is 29.6 Å². The van der Waals surface area contributed by atoms with Gasteiger partial charge in [-0.05, 0) is 30.7 Å². The summed E-state index contributed by atoms with van der Waals surface area (Å²) in [6, 6.07) is 11.2. The van der Waals surface area contributed by atoms with E-state index in [0.717, 1.165) is 16.7 Å². The van der Waals surface area contributed by atoms with E-state index in [9.17, 15) is 13.2 Å². The standard InChI is InChI=1S/C19H22N4O4S3/c1-23-18(14-6-4-5-7-16(14)27-2)21-22-19(23)28-12-15(24)17-9-8-13(29-17)10-11-20-30(3,25)26/h4-9,20H,10-12H2,1-3H3. The fraction of sp³-hybridized carbons (Fsp3) is 0.316. The lowest BCUT2D eigenvalue weighted by Crippen LogP contribution is -2.23. The summed E-state index contributed by atoms with van der Waals surface area (Å²) in [5.74, 6) is 1.60. The Hall–Kier alpha value is -2.21. The molecule has 0 aliphatic rings. The molecule has 0 fully saturated rings. The first-order valence-electron chi connectivity index (χ1n) is 9.00. The summed E-state index contributed by atoms with van der Waals surface area (Å²) in [5.41, 5.74) is 0.832. The van der Waals surface area contributed by atoms with Crippen LogP contribution in [0.2, 0.25) is 0 Å². The number of para-hydroxylation sites is 1. The molecule has 30 heavy (non-hydrogen) atoms. The zero-order valence-electron chi connectivity index (χ0n) is 16.8. The molecule has 0 amide bonds. The third-order valence-corrected chi connectivity index (χ3v) is 7.12. The molecule has 0 unspecified atom stereocenters. The first-order chi connectivity index (χ1) is 14.3. The fourth-order valence-electron chi connectivity index (χ4n) is 2.73. The van der Waals surface area contributed by atoms with Crippen molar-refractivity contribution in [3.05, 3.63) is 46.2 Å². The van der Waals surface area contributed by atoms with Crippen molar-refractivity contribution in [1.82, 2.24) is 19.5 Å². The molecule has 0 radical (unpaired) electrons. The number of methoxy groups -OCH3 is 1. The lowest BCUT2D eigenvalue weighted by atomic mass is 10.2. The zero-order chi connectivity index (χ0) is 21.7. The number of hydrogen-bond donors (Lipinski definition) is 1. The molecule has 0 atom stereocenters. The number of sulfonamides is 1. The SMILES string of the molecule is COc1ccccc1-c1nnc(SCC(=O)c2ccc(CCNS(C)(=O)=O)s2)n1C. The number of benzene rings is 1. The van der Waals surface area contributed by atoms with Crippen LogP contribution in [0.15, 0.2) is 41.6 Å². The van der Waals surface area contributed by atoms with E-state index >= 15 is 0 Å². The average molecular weight is 467 g/mol. The van der Waals surface area contributed by atoms with Crippen LogP contribution in [-0.2, 0) is 23.5 Å². The number of ketones is 1. The highest BCUT2D eigenvalue weighted by Gasteiger charge is 2.17. The Kier molecular flexibility index (Phi) is 7.29. The molecule has 3 aromatic rings. The number of nitrogens with one attached hydrogen (secondary N) is 1. The molecule has 0 spiro atoms. The van der Waals surface area contributed by atoms with E-state index in [0.29, 0.717) is 34.6 Å². The van der Waals surface area contributed by atoms with Gasteiger partial charge in [-0.2, -0.15) is 0 Å². The molecular weight excluding hydrogens is 444 g/mol. The van der Waals surface area contributed by atoms with Crippen LogP contribution in [0.25, 0.3) is 11.4 Å². The maximum Gasteiger partial charge on any atom is 0.208 e. The molecule has 11 heteroatoms. The minimum Gasteiger partial charge on any atom is -0.496 e. The van der Waals surface area contributed by atoms with E-state index < -0.39 is 10.0 Å². The average Bonchev–Trinajstić information content (AvgIpc) is 3.32. The Balaban J connectivity index is 1.61. The van der Waals surface area contributed by atoms with E-state index in [2.05, 4.69) is 14.9 Å². The van der Waals surface area contributed by atoms with Crippen molar-refractivity contribution in [3.8, 4) is 17.1 Å². The Labute approximate surface area is 183 Å². The van der Waals surface area contributed by atoms with Crippen LogP contribution in [0.5, 0.6) is 5.75 Å². The molecule has 2 aromatic heterocycles. The molecule has 0 saturated carbocycles. The van der Waals surface area contributed by atoms with Crippen LogP contribution < -0.4 is 9.46 Å². The number of aromatic nitrogens is 3. The van der Waals surface area contributed by atoms with Gasteiger partial charge in [0.15, 0.2) is 16.8 Å². The summed E-state index contributed by atoms with van der Waals surface area (Å²) >= 11 is 2.70. The van der Waals surface area contributed by atoms with Gasteiger partial charge in [-0.25, -0.2) is 13.1 Å². The van der Waals surface area contributed by atoms with Crippen LogP contribution in [0.4, 0.5) is 0 Å². The first-order valence-corrected chi connectivity index (χ1v) is 12.7. The predicted molar refractivity (Wildman–Crippen MR) is 119 cm³/mol. The van der Waals surface area contributed by atoms with Crippen molar-refractivity contribution in [3.63, 3.8) is 0 Å². The Bertz CT molecular complexity index is 1140. The molecule has 160 valence electrons. The van der Waals surface area contributed by atoms with Crippen molar-refractivity contribution >= 4 is 38.9 Å². The number of Topliss-reactive ketones (excluding diaryl/α,β-unsaturated/α-hetero) is 1. The normalized spacial score (nSPS) is 11.6. The van der Waals surface area contributed by atoms with Gasteiger partial charge in [-0.15, -0.1) is 21.5 Å². The number of ether oxygens (including phenoxy) is 1. The minimum atomic E-state index is -3.21. The maximum atomic E-state index is 12.6. The molecule has 1 N–H and O–H groups in total. The monoisotopic (exact) mass is 466 g/mol. The van der Waals surface area contributed by atoms with Crippen molar-refractivity contribution in [2.24, 2.45) is 7.05 Å². The summed E-state index contributed by atoms with van der Waals surface area (Å²) < 4.78 is 31.9. The van der Waals surface area contributed by atoms with Gasteiger partial charge in [0.2, 0.25) is 10.0 Å². The van der Waals surface area contributed by atoms with Crippen LogP contribution in [0.1, 0.15) is 14.5 Å². The van der Waals surface area contributed by atoms with Crippen LogP contribution >= 0.6 is 23.1 Å². The van der Waals surface area contributed by atoms with Crippen molar-refractivity contribution in [2.45, 2.75) is 11.6 Å². The molecule has 3 rings (SSSR count).